The van der Waals surface area contributed by atoms with E-state index in [4.69, 9.17) is 27.3 Å². The molecule has 1 unspecified atom stereocenters. The number of nitrogens with zero attached hydrogens (tertiary/aromatic N) is 1. The molecular formula is C9H9ClN2O. The molecule has 0 heterocycles. The predicted molar refractivity (Wildman–Crippen MR) is 51.6 cm³/mol. The summed E-state index contributed by atoms with van der Waals surface area (Å²) in [4.78, 5) is 0. The van der Waals surface area contributed by atoms with Crippen molar-refractivity contribution in [3.05, 3.63) is 23.2 Å². The number of rotatable bonds is 2. The first-order valence-corrected chi connectivity index (χ1v) is 4.12. The molecule has 1 atom stereocenters. The Morgan fingerprint density at radius 2 is 2.31 bits per heavy atom. The Bertz CT molecular complexity index is 346. The number of nitrogen functional groups attached to an aromatic ring is 1. The largest absolute Gasteiger partial charge is 0.476 e. The van der Waals surface area contributed by atoms with Crippen molar-refractivity contribution >= 4 is 17.3 Å². The Morgan fingerprint density at radius 3 is 2.85 bits per heavy atom. The molecule has 0 aliphatic rings. The first-order chi connectivity index (χ1) is 6.13. The van der Waals surface area contributed by atoms with E-state index in [2.05, 4.69) is 0 Å². The molecule has 0 fully saturated rings. The lowest BCUT2D eigenvalue weighted by molar-refractivity contribution is 0.276. The fourth-order valence-corrected chi connectivity index (χ4v) is 0.982. The Kier molecular flexibility index (Phi) is 2.99. The van der Waals surface area contributed by atoms with Crippen LogP contribution in [0.5, 0.6) is 5.75 Å². The van der Waals surface area contributed by atoms with E-state index in [1.54, 1.807) is 25.1 Å². The van der Waals surface area contributed by atoms with Crippen LogP contribution in [0.1, 0.15) is 6.92 Å². The number of benzene rings is 1. The Morgan fingerprint density at radius 1 is 1.62 bits per heavy atom. The van der Waals surface area contributed by atoms with Gasteiger partial charge in [0.15, 0.2) is 6.10 Å². The fourth-order valence-electron chi connectivity index (χ4n) is 0.812. The molecule has 68 valence electrons. The van der Waals surface area contributed by atoms with Gasteiger partial charge in [0.1, 0.15) is 11.8 Å². The van der Waals surface area contributed by atoms with Crippen molar-refractivity contribution in [2.24, 2.45) is 0 Å². The maximum absolute atomic E-state index is 8.49. The van der Waals surface area contributed by atoms with Crippen LogP contribution >= 0.6 is 11.6 Å². The maximum Gasteiger partial charge on any atom is 0.181 e. The summed E-state index contributed by atoms with van der Waals surface area (Å²) in [6.07, 6.45) is -0.486. The molecule has 0 amide bonds. The van der Waals surface area contributed by atoms with Crippen molar-refractivity contribution in [3.63, 3.8) is 0 Å². The van der Waals surface area contributed by atoms with E-state index in [0.717, 1.165) is 0 Å². The van der Waals surface area contributed by atoms with E-state index >= 15 is 0 Å². The summed E-state index contributed by atoms with van der Waals surface area (Å²) in [5, 5.41) is 8.92. The molecular weight excluding hydrogens is 188 g/mol. The average Bonchev–Trinajstić information content (AvgIpc) is 2.11. The molecule has 1 aromatic rings. The van der Waals surface area contributed by atoms with Crippen LogP contribution in [0.15, 0.2) is 18.2 Å². The molecule has 0 saturated carbocycles. The molecule has 0 bridgehead atoms. The standard InChI is InChI=1S/C9H9ClN2O/c1-6(5-11)13-7-2-3-9(12)8(10)4-7/h2-4,6H,12H2,1H3. The van der Waals surface area contributed by atoms with Gasteiger partial charge in [-0.1, -0.05) is 11.6 Å². The lowest BCUT2D eigenvalue weighted by Crippen LogP contribution is -2.08. The van der Waals surface area contributed by atoms with Crippen molar-refractivity contribution in [2.45, 2.75) is 13.0 Å². The third kappa shape index (κ3) is 2.53. The summed E-state index contributed by atoms with van der Waals surface area (Å²) in [5.41, 5.74) is 6.00. The van der Waals surface area contributed by atoms with Crippen LogP contribution in [-0.4, -0.2) is 6.10 Å². The van der Waals surface area contributed by atoms with E-state index in [9.17, 15) is 0 Å². The van der Waals surface area contributed by atoms with Crippen LogP contribution in [0, 0.1) is 11.3 Å². The zero-order chi connectivity index (χ0) is 9.84. The summed E-state index contributed by atoms with van der Waals surface area (Å²) >= 11 is 5.75. The number of nitriles is 1. The normalized spacial score (nSPS) is 11.8. The molecule has 4 heteroatoms. The van der Waals surface area contributed by atoms with Gasteiger partial charge in [-0.25, -0.2) is 0 Å². The molecule has 13 heavy (non-hydrogen) atoms. The van der Waals surface area contributed by atoms with Gasteiger partial charge in [-0.2, -0.15) is 5.26 Å². The highest BCUT2D eigenvalue weighted by molar-refractivity contribution is 6.33. The molecule has 0 aromatic heterocycles. The minimum absolute atomic E-state index is 0.433. The first kappa shape index (κ1) is 9.69. The zero-order valence-corrected chi connectivity index (χ0v) is 7.88. The van der Waals surface area contributed by atoms with Gasteiger partial charge in [0.05, 0.1) is 10.7 Å². The fraction of sp³-hybridized carbons (Fsp3) is 0.222. The molecule has 2 N–H and O–H groups in total. The number of hydrogen-bond acceptors (Lipinski definition) is 3. The smallest absolute Gasteiger partial charge is 0.181 e. The van der Waals surface area contributed by atoms with E-state index in [1.165, 1.54) is 0 Å². The van der Waals surface area contributed by atoms with Gasteiger partial charge in [0.2, 0.25) is 0 Å². The zero-order valence-electron chi connectivity index (χ0n) is 7.12. The van der Waals surface area contributed by atoms with Crippen molar-refractivity contribution < 1.29 is 4.74 Å². The number of hydrogen-bond donors (Lipinski definition) is 1. The third-order valence-electron chi connectivity index (χ3n) is 1.47. The number of ether oxygens (including phenoxy) is 1. The van der Waals surface area contributed by atoms with Crippen molar-refractivity contribution in [3.8, 4) is 11.8 Å². The number of halogens is 1. The van der Waals surface area contributed by atoms with Crippen molar-refractivity contribution in [1.82, 2.24) is 0 Å². The molecule has 0 spiro atoms. The third-order valence-corrected chi connectivity index (χ3v) is 1.79. The van der Waals surface area contributed by atoms with Gasteiger partial charge in [-0.15, -0.1) is 0 Å². The molecule has 3 nitrogen and oxygen atoms in total. The van der Waals surface area contributed by atoms with E-state index < -0.39 is 6.10 Å². The minimum Gasteiger partial charge on any atom is -0.476 e. The van der Waals surface area contributed by atoms with Crippen LogP contribution in [0.2, 0.25) is 5.02 Å². The van der Waals surface area contributed by atoms with Crippen LogP contribution in [0.3, 0.4) is 0 Å². The monoisotopic (exact) mass is 196 g/mol. The lowest BCUT2D eigenvalue weighted by atomic mass is 10.3. The van der Waals surface area contributed by atoms with Gasteiger partial charge in [-0.05, 0) is 19.1 Å². The average molecular weight is 197 g/mol. The second kappa shape index (κ2) is 4.01. The quantitative estimate of drug-likeness (QED) is 0.738. The summed E-state index contributed by atoms with van der Waals surface area (Å²) in [5.74, 6) is 0.549. The molecule has 1 rings (SSSR count). The van der Waals surface area contributed by atoms with E-state index in [1.807, 2.05) is 6.07 Å². The summed E-state index contributed by atoms with van der Waals surface area (Å²) in [6, 6.07) is 6.86. The lowest BCUT2D eigenvalue weighted by Gasteiger charge is -2.08. The summed E-state index contributed by atoms with van der Waals surface area (Å²) in [7, 11) is 0. The molecule has 0 saturated heterocycles. The predicted octanol–water partition coefficient (Wildman–Crippen LogP) is 2.21. The molecule has 0 aliphatic carbocycles. The second-order valence-electron chi connectivity index (χ2n) is 2.57. The van der Waals surface area contributed by atoms with Crippen LogP contribution in [0.4, 0.5) is 5.69 Å². The van der Waals surface area contributed by atoms with Crippen molar-refractivity contribution in [2.75, 3.05) is 5.73 Å². The minimum atomic E-state index is -0.486. The Hall–Kier alpha value is -1.40. The summed E-state index contributed by atoms with van der Waals surface area (Å²) in [6.45, 7) is 1.66. The topological polar surface area (TPSA) is 59.0 Å². The van der Waals surface area contributed by atoms with Gasteiger partial charge >= 0.3 is 0 Å². The second-order valence-corrected chi connectivity index (χ2v) is 2.98. The Balaban J connectivity index is 2.81. The van der Waals surface area contributed by atoms with Gasteiger partial charge in [-0.3, -0.25) is 0 Å². The number of nitrogens with two attached hydrogens (primary N) is 1. The highest BCUT2D eigenvalue weighted by Crippen LogP contribution is 2.24. The van der Waals surface area contributed by atoms with Crippen LogP contribution < -0.4 is 10.5 Å². The summed E-state index contributed by atoms with van der Waals surface area (Å²) < 4.78 is 5.20. The van der Waals surface area contributed by atoms with Crippen LogP contribution in [0.25, 0.3) is 0 Å². The van der Waals surface area contributed by atoms with Gasteiger partial charge < -0.3 is 10.5 Å². The Labute approximate surface area is 81.7 Å². The van der Waals surface area contributed by atoms with Crippen molar-refractivity contribution in [1.29, 1.82) is 5.26 Å². The molecule has 0 aliphatic heterocycles. The highest BCUT2D eigenvalue weighted by Gasteiger charge is 2.03. The molecule has 1 aromatic carbocycles. The molecule has 0 radical (unpaired) electrons. The number of anilines is 1. The maximum atomic E-state index is 8.49. The van der Waals surface area contributed by atoms with Gasteiger partial charge in [0, 0.05) is 6.07 Å². The SMILES string of the molecule is CC(C#N)Oc1ccc(N)c(Cl)c1. The van der Waals surface area contributed by atoms with E-state index in [0.29, 0.717) is 16.5 Å². The van der Waals surface area contributed by atoms with E-state index in [-0.39, 0.29) is 0 Å². The first-order valence-electron chi connectivity index (χ1n) is 3.75. The van der Waals surface area contributed by atoms with Gasteiger partial charge in [0.25, 0.3) is 0 Å². The van der Waals surface area contributed by atoms with Crippen LogP contribution in [-0.2, 0) is 0 Å². The highest BCUT2D eigenvalue weighted by atomic mass is 35.5.